The van der Waals surface area contributed by atoms with Crippen molar-refractivity contribution in [3.8, 4) is 0 Å². The molecule has 1 aliphatic rings. The van der Waals surface area contributed by atoms with Crippen LogP contribution in [0, 0.1) is 5.92 Å². The van der Waals surface area contributed by atoms with Gasteiger partial charge in [-0.05, 0) is 30.8 Å². The molecular weight excluding hydrogens is 136 g/mol. The molecule has 1 rings (SSSR count). The molecule has 0 aliphatic heterocycles. The van der Waals surface area contributed by atoms with E-state index in [1.54, 1.807) is 0 Å². The van der Waals surface area contributed by atoms with Gasteiger partial charge in [0.25, 0.3) is 0 Å². The van der Waals surface area contributed by atoms with Crippen LogP contribution in [0.15, 0.2) is 11.6 Å². The van der Waals surface area contributed by atoms with E-state index in [0.717, 1.165) is 12.8 Å². The van der Waals surface area contributed by atoms with Crippen LogP contribution in [-0.4, -0.2) is 11.2 Å². The number of aliphatic hydroxyl groups excluding tert-OH is 1. The standard InChI is InChI=1S/C10H18O/c1-8(2)7-9-5-3-4-6-10(9)11/h7-8,10-11H,3-6H2,1-2H3/b9-7-. The van der Waals surface area contributed by atoms with Gasteiger partial charge in [-0.2, -0.15) is 0 Å². The minimum Gasteiger partial charge on any atom is -0.389 e. The van der Waals surface area contributed by atoms with Crippen molar-refractivity contribution in [3.05, 3.63) is 11.6 Å². The number of rotatable bonds is 1. The van der Waals surface area contributed by atoms with Crippen LogP contribution < -0.4 is 0 Å². The molecule has 0 spiro atoms. The average Bonchev–Trinajstić information content (AvgIpc) is 1.93. The SMILES string of the molecule is CC(C)/C=C1/CCCCC1O. The summed E-state index contributed by atoms with van der Waals surface area (Å²) in [6, 6.07) is 0. The molecule has 1 aliphatic carbocycles. The maximum absolute atomic E-state index is 9.55. The third kappa shape index (κ3) is 2.66. The molecule has 1 atom stereocenters. The molecule has 0 aromatic rings. The summed E-state index contributed by atoms with van der Waals surface area (Å²) >= 11 is 0. The number of hydrogen-bond donors (Lipinski definition) is 1. The highest BCUT2D eigenvalue weighted by Crippen LogP contribution is 2.24. The zero-order valence-corrected chi connectivity index (χ0v) is 7.51. The van der Waals surface area contributed by atoms with Crippen LogP contribution >= 0.6 is 0 Å². The summed E-state index contributed by atoms with van der Waals surface area (Å²) < 4.78 is 0. The second kappa shape index (κ2) is 3.91. The van der Waals surface area contributed by atoms with Crippen molar-refractivity contribution in [1.29, 1.82) is 0 Å². The zero-order chi connectivity index (χ0) is 8.27. The van der Waals surface area contributed by atoms with Crippen LogP contribution in [-0.2, 0) is 0 Å². The normalized spacial score (nSPS) is 29.8. The highest BCUT2D eigenvalue weighted by atomic mass is 16.3. The van der Waals surface area contributed by atoms with Crippen LogP contribution in [0.2, 0.25) is 0 Å². The van der Waals surface area contributed by atoms with Gasteiger partial charge in [0.2, 0.25) is 0 Å². The molecule has 0 aromatic heterocycles. The molecule has 1 heteroatoms. The van der Waals surface area contributed by atoms with Gasteiger partial charge in [0.15, 0.2) is 0 Å². The fraction of sp³-hybridized carbons (Fsp3) is 0.800. The second-order valence-electron chi connectivity index (χ2n) is 3.75. The van der Waals surface area contributed by atoms with Crippen molar-refractivity contribution >= 4 is 0 Å². The molecule has 0 saturated heterocycles. The Balaban J connectivity index is 2.53. The van der Waals surface area contributed by atoms with Crippen molar-refractivity contribution in [2.24, 2.45) is 5.92 Å². The molecular formula is C10H18O. The molecule has 1 nitrogen and oxygen atoms in total. The monoisotopic (exact) mass is 154 g/mol. The predicted octanol–water partition coefficient (Wildman–Crippen LogP) is 2.50. The summed E-state index contributed by atoms with van der Waals surface area (Å²) in [5, 5.41) is 9.55. The topological polar surface area (TPSA) is 20.2 Å². The van der Waals surface area contributed by atoms with Crippen LogP contribution in [0.1, 0.15) is 39.5 Å². The average molecular weight is 154 g/mol. The molecule has 0 amide bonds. The Kier molecular flexibility index (Phi) is 3.13. The van der Waals surface area contributed by atoms with E-state index in [1.807, 2.05) is 0 Å². The Morgan fingerprint density at radius 3 is 2.73 bits per heavy atom. The first-order valence-corrected chi connectivity index (χ1v) is 4.59. The molecule has 11 heavy (non-hydrogen) atoms. The van der Waals surface area contributed by atoms with E-state index in [-0.39, 0.29) is 6.10 Å². The van der Waals surface area contributed by atoms with Crippen molar-refractivity contribution in [1.82, 2.24) is 0 Å². The third-order valence-electron chi connectivity index (χ3n) is 2.17. The fourth-order valence-electron chi connectivity index (χ4n) is 1.64. The number of allylic oxidation sites excluding steroid dienone is 1. The van der Waals surface area contributed by atoms with Gasteiger partial charge in [0.1, 0.15) is 0 Å². The van der Waals surface area contributed by atoms with Gasteiger partial charge in [0.05, 0.1) is 6.10 Å². The van der Waals surface area contributed by atoms with Gasteiger partial charge in [-0.3, -0.25) is 0 Å². The molecule has 1 saturated carbocycles. The van der Waals surface area contributed by atoms with Gasteiger partial charge in [0, 0.05) is 0 Å². The Morgan fingerprint density at radius 1 is 1.45 bits per heavy atom. The first kappa shape index (κ1) is 8.79. The Bertz CT molecular complexity index is 147. The zero-order valence-electron chi connectivity index (χ0n) is 7.51. The van der Waals surface area contributed by atoms with Crippen LogP contribution in [0.4, 0.5) is 0 Å². The van der Waals surface area contributed by atoms with Crippen LogP contribution in [0.3, 0.4) is 0 Å². The first-order valence-electron chi connectivity index (χ1n) is 4.59. The fourth-order valence-corrected chi connectivity index (χ4v) is 1.64. The number of aliphatic hydroxyl groups is 1. The predicted molar refractivity (Wildman–Crippen MR) is 47.4 cm³/mol. The van der Waals surface area contributed by atoms with Crippen LogP contribution in [0.25, 0.3) is 0 Å². The summed E-state index contributed by atoms with van der Waals surface area (Å²) in [5.41, 5.74) is 1.27. The quantitative estimate of drug-likeness (QED) is 0.575. The van der Waals surface area contributed by atoms with Gasteiger partial charge in [-0.1, -0.05) is 26.3 Å². The van der Waals surface area contributed by atoms with Gasteiger partial charge in [-0.25, -0.2) is 0 Å². The lowest BCUT2D eigenvalue weighted by Crippen LogP contribution is -2.15. The van der Waals surface area contributed by atoms with E-state index in [2.05, 4.69) is 19.9 Å². The minimum atomic E-state index is -0.133. The molecule has 1 fully saturated rings. The molecule has 0 heterocycles. The van der Waals surface area contributed by atoms with Gasteiger partial charge in [-0.15, -0.1) is 0 Å². The number of hydrogen-bond acceptors (Lipinski definition) is 1. The lowest BCUT2D eigenvalue weighted by molar-refractivity contribution is 0.177. The highest BCUT2D eigenvalue weighted by Gasteiger charge is 2.15. The van der Waals surface area contributed by atoms with Crippen molar-refractivity contribution in [3.63, 3.8) is 0 Å². The summed E-state index contributed by atoms with van der Waals surface area (Å²) in [7, 11) is 0. The summed E-state index contributed by atoms with van der Waals surface area (Å²) in [6.07, 6.45) is 6.61. The van der Waals surface area contributed by atoms with Crippen molar-refractivity contribution in [2.45, 2.75) is 45.6 Å². The first-order chi connectivity index (χ1) is 5.20. The van der Waals surface area contributed by atoms with Gasteiger partial charge >= 0.3 is 0 Å². The van der Waals surface area contributed by atoms with E-state index >= 15 is 0 Å². The van der Waals surface area contributed by atoms with E-state index in [0.29, 0.717) is 5.92 Å². The molecule has 0 aromatic carbocycles. The van der Waals surface area contributed by atoms with Crippen LogP contribution in [0.5, 0.6) is 0 Å². The lowest BCUT2D eigenvalue weighted by Gasteiger charge is -2.21. The molecule has 0 bridgehead atoms. The van der Waals surface area contributed by atoms with Crippen molar-refractivity contribution in [2.75, 3.05) is 0 Å². The Hall–Kier alpha value is -0.300. The summed E-state index contributed by atoms with van der Waals surface area (Å²) in [5.74, 6) is 0.581. The third-order valence-corrected chi connectivity index (χ3v) is 2.17. The highest BCUT2D eigenvalue weighted by molar-refractivity contribution is 5.10. The minimum absolute atomic E-state index is 0.133. The second-order valence-corrected chi connectivity index (χ2v) is 3.75. The smallest absolute Gasteiger partial charge is 0.0750 e. The van der Waals surface area contributed by atoms with Crippen molar-refractivity contribution < 1.29 is 5.11 Å². The molecule has 1 N–H and O–H groups in total. The summed E-state index contributed by atoms with van der Waals surface area (Å²) in [6.45, 7) is 4.32. The molecule has 1 unspecified atom stereocenters. The van der Waals surface area contributed by atoms with E-state index in [4.69, 9.17) is 0 Å². The van der Waals surface area contributed by atoms with Gasteiger partial charge < -0.3 is 5.11 Å². The molecule has 64 valence electrons. The summed E-state index contributed by atoms with van der Waals surface area (Å²) in [4.78, 5) is 0. The van der Waals surface area contributed by atoms with E-state index in [1.165, 1.54) is 18.4 Å². The van der Waals surface area contributed by atoms with E-state index < -0.39 is 0 Å². The Morgan fingerprint density at radius 2 is 2.18 bits per heavy atom. The Labute approximate surface area is 69.1 Å². The van der Waals surface area contributed by atoms with E-state index in [9.17, 15) is 5.11 Å². The molecule has 0 radical (unpaired) electrons. The lowest BCUT2D eigenvalue weighted by atomic mass is 9.90. The maximum atomic E-state index is 9.55. The maximum Gasteiger partial charge on any atom is 0.0750 e. The largest absolute Gasteiger partial charge is 0.389 e.